The third kappa shape index (κ3) is 5.04. The largest absolute Gasteiger partial charge is 0.296 e. The molecule has 0 aliphatic carbocycles. The van der Waals surface area contributed by atoms with E-state index in [1.54, 1.807) is 18.2 Å². The van der Waals surface area contributed by atoms with Crippen LogP contribution in [-0.2, 0) is 16.6 Å². The molecule has 0 N–H and O–H groups in total. The fraction of sp³-hybridized carbons (Fsp3) is 0.231. The maximum absolute atomic E-state index is 13.0. The van der Waals surface area contributed by atoms with Crippen LogP contribution in [0.1, 0.15) is 28.4 Å². The summed E-state index contributed by atoms with van der Waals surface area (Å²) in [5.41, 5.74) is 4.10. The van der Waals surface area contributed by atoms with E-state index in [2.05, 4.69) is 23.1 Å². The monoisotopic (exact) mass is 459 g/mol. The first-order chi connectivity index (χ1) is 15.9. The van der Waals surface area contributed by atoms with Gasteiger partial charge in [-0.25, -0.2) is 8.42 Å². The van der Waals surface area contributed by atoms with Gasteiger partial charge in [0, 0.05) is 38.3 Å². The first-order valence-corrected chi connectivity index (χ1v) is 12.2. The number of Topliss-reactive ketones (excluding diaryl/α,β-unsaturated/α-hetero) is 1. The highest BCUT2D eigenvalue weighted by atomic mass is 32.2. The number of ketones is 1. The summed E-state index contributed by atoms with van der Waals surface area (Å²) in [5, 5.41) is 9.32. The predicted octanol–water partition coefficient (Wildman–Crippen LogP) is 3.93. The lowest BCUT2D eigenvalue weighted by Crippen LogP contribution is -2.48. The van der Waals surface area contributed by atoms with E-state index in [9.17, 15) is 18.5 Å². The van der Waals surface area contributed by atoms with Crippen molar-refractivity contribution in [1.82, 2.24) is 9.21 Å². The van der Waals surface area contributed by atoms with Crippen molar-refractivity contribution in [3.05, 3.63) is 89.5 Å². The molecule has 3 aromatic rings. The minimum Gasteiger partial charge on any atom is -0.296 e. The smallest absolute Gasteiger partial charge is 0.243 e. The second kappa shape index (κ2) is 9.67. The Morgan fingerprint density at radius 2 is 1.64 bits per heavy atom. The topological polar surface area (TPSA) is 81.5 Å². The van der Waals surface area contributed by atoms with Crippen LogP contribution in [0.4, 0.5) is 0 Å². The molecule has 6 nitrogen and oxygen atoms in total. The molecule has 7 heteroatoms. The Labute approximate surface area is 194 Å². The lowest BCUT2D eigenvalue weighted by molar-refractivity contribution is 0.101. The Morgan fingerprint density at radius 3 is 2.30 bits per heavy atom. The second-order valence-corrected chi connectivity index (χ2v) is 10.1. The van der Waals surface area contributed by atoms with Gasteiger partial charge in [-0.2, -0.15) is 9.57 Å². The number of rotatable bonds is 6. The van der Waals surface area contributed by atoms with E-state index >= 15 is 0 Å². The highest BCUT2D eigenvalue weighted by Crippen LogP contribution is 2.24. The zero-order valence-electron chi connectivity index (χ0n) is 18.4. The third-order valence-electron chi connectivity index (χ3n) is 5.93. The summed E-state index contributed by atoms with van der Waals surface area (Å²) in [6.45, 7) is 4.23. The Hall–Kier alpha value is -3.31. The van der Waals surface area contributed by atoms with Gasteiger partial charge in [-0.05, 0) is 41.8 Å². The zero-order chi connectivity index (χ0) is 23.4. The SMILES string of the molecule is CC(=O)c1cccc(S(=O)(=O)N2CCN(Cc3ccc(-c4ccccc4C#N)cc3)CC2)c1. The van der Waals surface area contributed by atoms with Crippen molar-refractivity contribution in [2.75, 3.05) is 26.2 Å². The summed E-state index contributed by atoms with van der Waals surface area (Å²) in [5.74, 6) is -0.154. The van der Waals surface area contributed by atoms with Crippen molar-refractivity contribution < 1.29 is 13.2 Å². The molecule has 0 amide bonds. The molecular formula is C26H25N3O3S. The van der Waals surface area contributed by atoms with Crippen molar-refractivity contribution in [3.8, 4) is 17.2 Å². The summed E-state index contributed by atoms with van der Waals surface area (Å²) in [4.78, 5) is 14.0. The number of piperazine rings is 1. The van der Waals surface area contributed by atoms with E-state index in [0.717, 1.165) is 23.2 Å². The third-order valence-corrected chi connectivity index (χ3v) is 7.82. The standard InChI is InChI=1S/C26H25N3O3S/c1-20(30)23-6-4-7-25(17-23)33(31,32)29-15-13-28(14-16-29)19-21-9-11-22(12-10-21)26-8-3-2-5-24(26)18-27/h2-12,17H,13-16,19H2,1H3. The van der Waals surface area contributed by atoms with E-state index < -0.39 is 10.0 Å². The number of hydrogen-bond donors (Lipinski definition) is 0. The number of carbonyl (C=O) groups is 1. The van der Waals surface area contributed by atoms with Gasteiger partial charge in [-0.15, -0.1) is 0 Å². The average molecular weight is 460 g/mol. The quantitative estimate of drug-likeness (QED) is 0.522. The molecule has 4 rings (SSSR count). The molecule has 1 saturated heterocycles. The highest BCUT2D eigenvalue weighted by molar-refractivity contribution is 7.89. The van der Waals surface area contributed by atoms with Gasteiger partial charge in [-0.3, -0.25) is 9.69 Å². The molecule has 168 valence electrons. The van der Waals surface area contributed by atoms with E-state index in [1.807, 2.05) is 36.4 Å². The molecule has 33 heavy (non-hydrogen) atoms. The lowest BCUT2D eigenvalue weighted by Gasteiger charge is -2.34. The fourth-order valence-electron chi connectivity index (χ4n) is 4.03. The van der Waals surface area contributed by atoms with Crippen molar-refractivity contribution in [3.63, 3.8) is 0 Å². The van der Waals surface area contributed by atoms with Crippen LogP contribution in [-0.4, -0.2) is 49.6 Å². The van der Waals surface area contributed by atoms with Gasteiger partial charge in [0.1, 0.15) is 0 Å². The van der Waals surface area contributed by atoms with Gasteiger partial charge in [0.15, 0.2) is 5.78 Å². The predicted molar refractivity (Wildman–Crippen MR) is 127 cm³/mol. The molecule has 1 aliphatic rings. The molecule has 3 aromatic carbocycles. The zero-order valence-corrected chi connectivity index (χ0v) is 19.3. The van der Waals surface area contributed by atoms with E-state index in [1.165, 1.54) is 17.3 Å². The molecule has 0 aromatic heterocycles. The minimum absolute atomic E-state index is 0.154. The summed E-state index contributed by atoms with van der Waals surface area (Å²) in [6.07, 6.45) is 0. The maximum atomic E-state index is 13.0. The van der Waals surface area contributed by atoms with Crippen LogP contribution in [0.25, 0.3) is 11.1 Å². The number of benzene rings is 3. The van der Waals surface area contributed by atoms with Gasteiger partial charge in [0.05, 0.1) is 16.5 Å². The normalized spacial score (nSPS) is 15.2. The van der Waals surface area contributed by atoms with Crippen LogP contribution in [0, 0.1) is 11.3 Å². The first-order valence-electron chi connectivity index (χ1n) is 10.8. The number of nitrogens with zero attached hydrogens (tertiary/aromatic N) is 3. The van der Waals surface area contributed by atoms with Gasteiger partial charge < -0.3 is 0 Å². The van der Waals surface area contributed by atoms with Crippen LogP contribution >= 0.6 is 0 Å². The summed E-state index contributed by atoms with van der Waals surface area (Å²) >= 11 is 0. The number of hydrogen-bond acceptors (Lipinski definition) is 5. The highest BCUT2D eigenvalue weighted by Gasteiger charge is 2.28. The van der Waals surface area contributed by atoms with Crippen molar-refractivity contribution >= 4 is 15.8 Å². The molecule has 0 bridgehead atoms. The number of carbonyl (C=O) groups excluding carboxylic acids is 1. The molecule has 0 radical (unpaired) electrons. The van der Waals surface area contributed by atoms with Crippen LogP contribution in [0.15, 0.2) is 77.7 Å². The Kier molecular flexibility index (Phi) is 6.70. The van der Waals surface area contributed by atoms with Gasteiger partial charge in [0.25, 0.3) is 0 Å². The van der Waals surface area contributed by atoms with Gasteiger partial charge >= 0.3 is 0 Å². The van der Waals surface area contributed by atoms with E-state index in [-0.39, 0.29) is 10.7 Å². The molecule has 0 saturated carbocycles. The first kappa shape index (κ1) is 22.9. The number of sulfonamides is 1. The maximum Gasteiger partial charge on any atom is 0.243 e. The minimum atomic E-state index is -3.63. The van der Waals surface area contributed by atoms with E-state index in [0.29, 0.717) is 37.3 Å². The Balaban J connectivity index is 1.39. The Morgan fingerprint density at radius 1 is 0.939 bits per heavy atom. The van der Waals surface area contributed by atoms with Crippen LogP contribution < -0.4 is 0 Å². The average Bonchev–Trinajstić information content (AvgIpc) is 2.85. The van der Waals surface area contributed by atoms with Crippen LogP contribution in [0.2, 0.25) is 0 Å². The molecule has 0 spiro atoms. The molecule has 1 fully saturated rings. The molecule has 1 heterocycles. The number of nitriles is 1. The van der Waals surface area contributed by atoms with Crippen LogP contribution in [0.5, 0.6) is 0 Å². The molecule has 1 aliphatic heterocycles. The molecule has 0 unspecified atom stereocenters. The van der Waals surface area contributed by atoms with Crippen molar-refractivity contribution in [2.24, 2.45) is 0 Å². The van der Waals surface area contributed by atoms with E-state index in [4.69, 9.17) is 0 Å². The van der Waals surface area contributed by atoms with Crippen LogP contribution in [0.3, 0.4) is 0 Å². The van der Waals surface area contributed by atoms with Crippen molar-refractivity contribution in [2.45, 2.75) is 18.4 Å². The van der Waals surface area contributed by atoms with Crippen molar-refractivity contribution in [1.29, 1.82) is 5.26 Å². The summed E-state index contributed by atoms with van der Waals surface area (Å²) < 4.78 is 27.5. The fourth-order valence-corrected chi connectivity index (χ4v) is 5.50. The molecule has 0 atom stereocenters. The summed E-state index contributed by atoms with van der Waals surface area (Å²) in [7, 11) is -3.63. The van der Waals surface area contributed by atoms with Gasteiger partial charge in [-0.1, -0.05) is 54.6 Å². The molecular weight excluding hydrogens is 434 g/mol. The van der Waals surface area contributed by atoms with Gasteiger partial charge in [0.2, 0.25) is 10.0 Å². The summed E-state index contributed by atoms with van der Waals surface area (Å²) in [6, 6.07) is 24.2. The lowest BCUT2D eigenvalue weighted by atomic mass is 9.99. The second-order valence-electron chi connectivity index (χ2n) is 8.12. The Bertz CT molecular complexity index is 1300.